The largest absolute Gasteiger partial charge is 0.480 e. The molecule has 2 N–H and O–H groups in total. The van der Waals surface area contributed by atoms with Crippen LogP contribution in [0.15, 0.2) is 18.2 Å². The summed E-state index contributed by atoms with van der Waals surface area (Å²) in [5, 5.41) is 12.5. The van der Waals surface area contributed by atoms with Gasteiger partial charge in [-0.1, -0.05) is 13.8 Å². The minimum atomic E-state index is -1.16. The average molecular weight is 340 g/mol. The van der Waals surface area contributed by atoms with Crippen LogP contribution in [0.1, 0.15) is 45.2 Å². The Morgan fingerprint density at radius 2 is 1.88 bits per heavy atom. The van der Waals surface area contributed by atoms with Gasteiger partial charge in [-0.15, -0.1) is 0 Å². The van der Waals surface area contributed by atoms with Gasteiger partial charge >= 0.3 is 5.97 Å². The number of hydrogen-bond donors (Lipinski definition) is 2. The molecule has 0 aliphatic carbocycles. The van der Waals surface area contributed by atoms with Crippen molar-refractivity contribution >= 4 is 11.9 Å². The first kappa shape index (κ1) is 18.3. The highest BCUT2D eigenvalue weighted by atomic mass is 19.1. The van der Waals surface area contributed by atoms with E-state index in [0.29, 0.717) is 12.8 Å². The third-order valence-electron chi connectivity index (χ3n) is 4.86. The van der Waals surface area contributed by atoms with E-state index in [1.54, 1.807) is 0 Å². The van der Waals surface area contributed by atoms with Gasteiger partial charge in [0, 0.05) is 12.6 Å². The molecule has 7 heteroatoms. The fourth-order valence-corrected chi connectivity index (χ4v) is 3.27. The van der Waals surface area contributed by atoms with Gasteiger partial charge < -0.3 is 15.3 Å². The molecule has 0 bridgehead atoms. The van der Waals surface area contributed by atoms with Crippen molar-refractivity contribution in [2.75, 3.05) is 6.54 Å². The molecule has 1 aliphatic rings. The van der Waals surface area contributed by atoms with Gasteiger partial charge in [-0.05, 0) is 37.5 Å². The Labute approximate surface area is 139 Å². The predicted molar refractivity (Wildman–Crippen MR) is 84.4 cm³/mol. The molecule has 0 radical (unpaired) electrons. The Morgan fingerprint density at radius 1 is 1.33 bits per heavy atom. The Balaban J connectivity index is 2.50. The number of aliphatic carboxylic acids is 1. The van der Waals surface area contributed by atoms with Gasteiger partial charge in [0.25, 0.3) is 0 Å². The van der Waals surface area contributed by atoms with Gasteiger partial charge in [0.15, 0.2) is 0 Å². The fourth-order valence-electron chi connectivity index (χ4n) is 3.27. The van der Waals surface area contributed by atoms with Crippen LogP contribution in [0.3, 0.4) is 0 Å². The minimum Gasteiger partial charge on any atom is -0.480 e. The van der Waals surface area contributed by atoms with Crippen LogP contribution in [-0.4, -0.2) is 40.0 Å². The summed E-state index contributed by atoms with van der Waals surface area (Å²) in [6, 6.07) is 1.16. The summed E-state index contributed by atoms with van der Waals surface area (Å²) >= 11 is 0. The van der Waals surface area contributed by atoms with Crippen molar-refractivity contribution in [2.24, 2.45) is 0 Å². The molecule has 1 heterocycles. The topological polar surface area (TPSA) is 69.6 Å². The SMILES string of the molecule is CCC1(CC)NC[C@H](c2cc(F)cc(F)c2)N(C(C)C(=O)O)C1=O. The van der Waals surface area contributed by atoms with Crippen molar-refractivity contribution in [1.29, 1.82) is 0 Å². The highest BCUT2D eigenvalue weighted by molar-refractivity contribution is 5.91. The number of carbonyl (C=O) groups excluding carboxylic acids is 1. The van der Waals surface area contributed by atoms with E-state index >= 15 is 0 Å². The van der Waals surface area contributed by atoms with E-state index in [1.165, 1.54) is 11.8 Å². The van der Waals surface area contributed by atoms with E-state index in [-0.39, 0.29) is 18.0 Å². The van der Waals surface area contributed by atoms with E-state index in [0.717, 1.165) is 18.2 Å². The molecule has 2 atom stereocenters. The zero-order chi connectivity index (χ0) is 18.1. The summed E-state index contributed by atoms with van der Waals surface area (Å²) in [5.41, 5.74) is -0.617. The van der Waals surface area contributed by atoms with Crippen LogP contribution in [0.25, 0.3) is 0 Å². The van der Waals surface area contributed by atoms with E-state index in [2.05, 4.69) is 5.32 Å². The molecule has 0 saturated carbocycles. The highest BCUT2D eigenvalue weighted by Gasteiger charge is 2.48. The fraction of sp³-hybridized carbons (Fsp3) is 0.529. The van der Waals surface area contributed by atoms with Crippen molar-refractivity contribution < 1.29 is 23.5 Å². The lowest BCUT2D eigenvalue weighted by Gasteiger charge is -2.48. The molecule has 1 aromatic carbocycles. The summed E-state index contributed by atoms with van der Waals surface area (Å²) in [4.78, 5) is 25.7. The van der Waals surface area contributed by atoms with Crippen LogP contribution in [0, 0.1) is 11.6 Å². The van der Waals surface area contributed by atoms with Crippen LogP contribution >= 0.6 is 0 Å². The van der Waals surface area contributed by atoms with Crippen molar-refractivity contribution in [3.63, 3.8) is 0 Å². The number of halogens is 2. The molecule has 5 nitrogen and oxygen atoms in total. The van der Waals surface area contributed by atoms with Crippen LogP contribution < -0.4 is 5.32 Å². The Morgan fingerprint density at radius 3 is 2.33 bits per heavy atom. The number of piperazine rings is 1. The molecular weight excluding hydrogens is 318 g/mol. The summed E-state index contributed by atoms with van der Waals surface area (Å²) < 4.78 is 27.1. The summed E-state index contributed by atoms with van der Waals surface area (Å²) in [5.74, 6) is -3.04. The predicted octanol–water partition coefficient (Wildman–Crippen LogP) is 2.47. The summed E-state index contributed by atoms with van der Waals surface area (Å²) in [7, 11) is 0. The minimum absolute atomic E-state index is 0.230. The summed E-state index contributed by atoms with van der Waals surface area (Å²) in [6.07, 6.45) is 0.991. The van der Waals surface area contributed by atoms with Crippen LogP contribution in [0.2, 0.25) is 0 Å². The average Bonchev–Trinajstić information content (AvgIpc) is 2.53. The number of nitrogens with zero attached hydrogens (tertiary/aromatic N) is 1. The number of amides is 1. The second-order valence-electron chi connectivity index (χ2n) is 6.12. The van der Waals surface area contributed by atoms with Gasteiger partial charge in [0.2, 0.25) is 5.91 Å². The zero-order valence-corrected chi connectivity index (χ0v) is 14.0. The highest BCUT2D eigenvalue weighted by Crippen LogP contribution is 2.33. The monoisotopic (exact) mass is 340 g/mol. The lowest BCUT2D eigenvalue weighted by molar-refractivity contribution is -0.159. The quantitative estimate of drug-likeness (QED) is 0.864. The first-order valence-electron chi connectivity index (χ1n) is 8.02. The lowest BCUT2D eigenvalue weighted by atomic mass is 9.85. The third kappa shape index (κ3) is 3.13. The Kier molecular flexibility index (Phi) is 5.22. The molecule has 0 spiro atoms. The normalized spacial score (nSPS) is 21.6. The molecule has 0 aromatic heterocycles. The number of nitrogens with one attached hydrogen (secondary N) is 1. The van der Waals surface area contributed by atoms with Crippen molar-refractivity contribution in [3.8, 4) is 0 Å². The van der Waals surface area contributed by atoms with Gasteiger partial charge in [-0.25, -0.2) is 13.6 Å². The van der Waals surface area contributed by atoms with Gasteiger partial charge in [-0.3, -0.25) is 4.79 Å². The van der Waals surface area contributed by atoms with Crippen LogP contribution in [0.4, 0.5) is 8.78 Å². The third-order valence-corrected chi connectivity index (χ3v) is 4.86. The second kappa shape index (κ2) is 6.84. The number of carboxylic acid groups (broad SMARTS) is 1. The number of carbonyl (C=O) groups is 2. The van der Waals surface area contributed by atoms with Crippen LogP contribution in [-0.2, 0) is 9.59 Å². The van der Waals surface area contributed by atoms with Crippen molar-refractivity contribution in [2.45, 2.75) is 51.2 Å². The molecule has 1 aliphatic heterocycles. The van der Waals surface area contributed by atoms with Crippen LogP contribution in [0.5, 0.6) is 0 Å². The molecule has 1 unspecified atom stereocenters. The van der Waals surface area contributed by atoms with E-state index in [1.807, 2.05) is 13.8 Å². The van der Waals surface area contributed by atoms with Gasteiger partial charge in [-0.2, -0.15) is 0 Å². The molecule has 1 aromatic rings. The summed E-state index contributed by atoms with van der Waals surface area (Å²) in [6.45, 7) is 5.33. The molecule has 2 rings (SSSR count). The van der Waals surface area contributed by atoms with Crippen molar-refractivity contribution in [1.82, 2.24) is 10.2 Å². The number of hydrogen-bond acceptors (Lipinski definition) is 3. The second-order valence-corrected chi connectivity index (χ2v) is 6.12. The Bertz CT molecular complexity index is 626. The molecule has 24 heavy (non-hydrogen) atoms. The zero-order valence-electron chi connectivity index (χ0n) is 14.0. The first-order chi connectivity index (χ1) is 11.3. The standard InChI is InChI=1S/C17H22F2N2O3/c1-4-17(5-2)16(24)21(10(3)15(22)23)14(9-20-17)11-6-12(18)8-13(19)7-11/h6-8,10,14,20H,4-5,9H2,1-3H3,(H,22,23)/t10?,14-/m1/s1. The van der Waals surface area contributed by atoms with E-state index < -0.39 is 35.2 Å². The number of benzene rings is 1. The van der Waals surface area contributed by atoms with Crippen molar-refractivity contribution in [3.05, 3.63) is 35.4 Å². The molecule has 132 valence electrons. The smallest absolute Gasteiger partial charge is 0.326 e. The number of rotatable bonds is 5. The number of carboxylic acids is 1. The maximum Gasteiger partial charge on any atom is 0.326 e. The Hall–Kier alpha value is -2.02. The van der Waals surface area contributed by atoms with Gasteiger partial charge in [0.05, 0.1) is 11.6 Å². The van der Waals surface area contributed by atoms with E-state index in [9.17, 15) is 23.5 Å². The maximum atomic E-state index is 13.6. The molecule has 1 saturated heterocycles. The first-order valence-corrected chi connectivity index (χ1v) is 8.02. The maximum absolute atomic E-state index is 13.6. The molecular formula is C17H22F2N2O3. The van der Waals surface area contributed by atoms with E-state index in [4.69, 9.17) is 0 Å². The van der Waals surface area contributed by atoms with Gasteiger partial charge in [0.1, 0.15) is 17.7 Å². The molecule has 1 amide bonds. The lowest BCUT2D eigenvalue weighted by Crippen LogP contribution is -2.67. The molecule has 1 fully saturated rings.